The largest absolute Gasteiger partial charge is 0.348 e. The van der Waals surface area contributed by atoms with E-state index in [-0.39, 0.29) is 0 Å². The molecule has 4 nitrogen and oxygen atoms in total. The van der Waals surface area contributed by atoms with Crippen molar-refractivity contribution in [2.75, 3.05) is 47.3 Å². The van der Waals surface area contributed by atoms with Crippen LogP contribution >= 0.6 is 21.6 Å². The molecule has 2 aliphatic rings. The molecule has 2 heterocycles. The van der Waals surface area contributed by atoms with E-state index in [1.807, 2.05) is 21.6 Å². The number of likely N-dealkylation sites (N-methyl/N-ethyl adjacent to an activating group) is 1. The van der Waals surface area contributed by atoms with E-state index in [4.69, 9.17) is 4.99 Å². The van der Waals surface area contributed by atoms with Crippen LogP contribution in [0.25, 0.3) is 0 Å². The Labute approximate surface area is 99.5 Å². The SMILES string of the molecule is CN1CCN(C2=NC(N(C)C)SS2)CC1. The number of piperazine rings is 1. The Kier molecular flexibility index (Phi) is 3.82. The molecule has 1 fully saturated rings. The summed E-state index contributed by atoms with van der Waals surface area (Å²) in [6.07, 6.45) is 0. The van der Waals surface area contributed by atoms with Gasteiger partial charge in [0.2, 0.25) is 0 Å². The van der Waals surface area contributed by atoms with Crippen LogP contribution in [0.2, 0.25) is 0 Å². The zero-order chi connectivity index (χ0) is 10.8. The lowest BCUT2D eigenvalue weighted by molar-refractivity contribution is 0.217. The Hall–Kier alpha value is 0.0900. The molecule has 2 aliphatic heterocycles. The number of rotatable bonds is 1. The van der Waals surface area contributed by atoms with Crippen LogP contribution in [0, 0.1) is 0 Å². The second kappa shape index (κ2) is 4.95. The molecule has 0 N–H and O–H groups in total. The molecule has 0 aromatic carbocycles. The maximum absolute atomic E-state index is 4.71. The summed E-state index contributed by atoms with van der Waals surface area (Å²) in [4.78, 5) is 11.6. The third kappa shape index (κ3) is 2.81. The molecule has 0 saturated carbocycles. The third-order valence-electron chi connectivity index (χ3n) is 2.65. The van der Waals surface area contributed by atoms with Crippen molar-refractivity contribution < 1.29 is 0 Å². The molecule has 0 spiro atoms. The zero-order valence-corrected chi connectivity index (χ0v) is 11.1. The van der Waals surface area contributed by atoms with Crippen molar-refractivity contribution in [2.45, 2.75) is 5.50 Å². The molecule has 1 unspecified atom stereocenters. The van der Waals surface area contributed by atoms with Crippen LogP contribution in [0.15, 0.2) is 4.99 Å². The molecule has 0 aromatic rings. The van der Waals surface area contributed by atoms with Crippen LogP contribution in [0.3, 0.4) is 0 Å². The molecular weight excluding hydrogens is 228 g/mol. The van der Waals surface area contributed by atoms with Gasteiger partial charge in [-0.2, -0.15) is 0 Å². The van der Waals surface area contributed by atoms with E-state index >= 15 is 0 Å². The molecule has 86 valence electrons. The van der Waals surface area contributed by atoms with Gasteiger partial charge in [-0.3, -0.25) is 4.90 Å². The fourth-order valence-corrected chi connectivity index (χ4v) is 4.15. The first-order chi connectivity index (χ1) is 7.16. The fraction of sp³-hybridized carbons (Fsp3) is 0.889. The van der Waals surface area contributed by atoms with Gasteiger partial charge in [0.25, 0.3) is 0 Å². The summed E-state index contributed by atoms with van der Waals surface area (Å²) >= 11 is 0. The second-order valence-corrected chi connectivity index (χ2v) is 6.39. The van der Waals surface area contributed by atoms with Crippen molar-refractivity contribution in [3.63, 3.8) is 0 Å². The highest BCUT2D eigenvalue weighted by atomic mass is 33.1. The van der Waals surface area contributed by atoms with Gasteiger partial charge in [0.05, 0.1) is 0 Å². The van der Waals surface area contributed by atoms with Crippen LogP contribution in [-0.2, 0) is 0 Å². The van der Waals surface area contributed by atoms with Gasteiger partial charge >= 0.3 is 0 Å². The molecule has 0 bridgehead atoms. The summed E-state index contributed by atoms with van der Waals surface area (Å²) in [5.74, 6) is 0. The van der Waals surface area contributed by atoms with Crippen LogP contribution in [-0.4, -0.2) is 72.7 Å². The van der Waals surface area contributed by atoms with Gasteiger partial charge in [-0.25, -0.2) is 4.99 Å². The van der Waals surface area contributed by atoms with E-state index in [9.17, 15) is 0 Å². The first kappa shape index (κ1) is 11.6. The first-order valence-electron chi connectivity index (χ1n) is 5.18. The van der Waals surface area contributed by atoms with Crippen molar-refractivity contribution in [1.29, 1.82) is 0 Å². The lowest BCUT2D eigenvalue weighted by Gasteiger charge is -2.32. The minimum atomic E-state index is 0.296. The van der Waals surface area contributed by atoms with E-state index in [1.165, 1.54) is 5.17 Å². The van der Waals surface area contributed by atoms with Gasteiger partial charge in [0.1, 0.15) is 0 Å². The zero-order valence-electron chi connectivity index (χ0n) is 9.51. The Morgan fingerprint density at radius 1 is 1.27 bits per heavy atom. The normalized spacial score (nSPS) is 28.7. The lowest BCUT2D eigenvalue weighted by atomic mass is 10.3. The molecule has 1 saturated heterocycles. The monoisotopic (exact) mass is 246 g/mol. The topological polar surface area (TPSA) is 22.1 Å². The van der Waals surface area contributed by atoms with Gasteiger partial charge in [-0.05, 0) is 42.7 Å². The third-order valence-corrected chi connectivity index (χ3v) is 5.21. The van der Waals surface area contributed by atoms with Crippen molar-refractivity contribution in [3.05, 3.63) is 0 Å². The lowest BCUT2D eigenvalue weighted by Crippen LogP contribution is -2.46. The van der Waals surface area contributed by atoms with Crippen LogP contribution in [0.1, 0.15) is 0 Å². The van der Waals surface area contributed by atoms with Crippen molar-refractivity contribution in [2.24, 2.45) is 4.99 Å². The van der Waals surface area contributed by atoms with E-state index in [0.717, 1.165) is 26.2 Å². The highest BCUT2D eigenvalue weighted by Gasteiger charge is 2.26. The average Bonchev–Trinajstić information content (AvgIpc) is 2.68. The highest BCUT2D eigenvalue weighted by molar-refractivity contribution is 8.82. The van der Waals surface area contributed by atoms with Crippen LogP contribution < -0.4 is 0 Å². The molecule has 6 heteroatoms. The number of hydrogen-bond donors (Lipinski definition) is 0. The summed E-state index contributed by atoms with van der Waals surface area (Å²) in [6.45, 7) is 4.53. The highest BCUT2D eigenvalue weighted by Crippen LogP contribution is 2.38. The van der Waals surface area contributed by atoms with E-state index in [1.54, 1.807) is 0 Å². The summed E-state index contributed by atoms with van der Waals surface area (Å²) in [6, 6.07) is 0. The summed E-state index contributed by atoms with van der Waals surface area (Å²) in [7, 11) is 9.99. The van der Waals surface area contributed by atoms with E-state index < -0.39 is 0 Å². The smallest absolute Gasteiger partial charge is 0.172 e. The molecule has 1 atom stereocenters. The number of amidine groups is 1. The molecule has 0 radical (unpaired) electrons. The summed E-state index contributed by atoms with van der Waals surface area (Å²) in [5.41, 5.74) is 0.296. The first-order valence-corrected chi connectivity index (χ1v) is 7.39. The van der Waals surface area contributed by atoms with Crippen molar-refractivity contribution in [1.82, 2.24) is 14.7 Å². The minimum Gasteiger partial charge on any atom is -0.348 e. The van der Waals surface area contributed by atoms with Crippen LogP contribution in [0.5, 0.6) is 0 Å². The van der Waals surface area contributed by atoms with Gasteiger partial charge in [0, 0.05) is 26.2 Å². The average molecular weight is 246 g/mol. The van der Waals surface area contributed by atoms with E-state index in [0.29, 0.717) is 5.50 Å². The maximum Gasteiger partial charge on any atom is 0.172 e. The van der Waals surface area contributed by atoms with Gasteiger partial charge < -0.3 is 9.80 Å². The van der Waals surface area contributed by atoms with Crippen molar-refractivity contribution in [3.8, 4) is 0 Å². The molecule has 0 aliphatic carbocycles. The van der Waals surface area contributed by atoms with Gasteiger partial charge in [0.15, 0.2) is 10.7 Å². The quantitative estimate of drug-likeness (QED) is 0.637. The van der Waals surface area contributed by atoms with Gasteiger partial charge in [-0.1, -0.05) is 0 Å². The number of hydrogen-bond acceptors (Lipinski definition) is 6. The number of nitrogens with zero attached hydrogens (tertiary/aromatic N) is 4. The molecule has 2 rings (SSSR count). The maximum atomic E-state index is 4.71. The predicted octanol–water partition coefficient (Wildman–Crippen LogP) is 0.830. The molecule has 15 heavy (non-hydrogen) atoms. The summed E-state index contributed by atoms with van der Waals surface area (Å²) < 4.78 is 0. The van der Waals surface area contributed by atoms with Gasteiger partial charge in [-0.15, -0.1) is 0 Å². The Morgan fingerprint density at radius 3 is 2.47 bits per heavy atom. The minimum absolute atomic E-state index is 0.296. The Bertz CT molecular complexity index is 248. The molecule has 0 amide bonds. The van der Waals surface area contributed by atoms with E-state index in [2.05, 4.69) is 35.8 Å². The molecular formula is C9H18N4S2. The standard InChI is InChI=1S/C9H18N4S2/c1-11(2)8-10-9(15-14-8)13-6-4-12(3)5-7-13/h8H,4-7H2,1-3H3. The Balaban J connectivity index is 1.92. The predicted molar refractivity (Wildman–Crippen MR) is 69.2 cm³/mol. The second-order valence-electron chi connectivity index (χ2n) is 4.17. The fourth-order valence-electron chi connectivity index (χ4n) is 1.56. The Morgan fingerprint density at radius 2 is 1.93 bits per heavy atom. The molecule has 0 aromatic heterocycles. The van der Waals surface area contributed by atoms with Crippen LogP contribution in [0.4, 0.5) is 0 Å². The number of aliphatic imine (C=N–C) groups is 1. The van der Waals surface area contributed by atoms with Crippen molar-refractivity contribution >= 4 is 26.8 Å². The summed E-state index contributed by atoms with van der Waals surface area (Å²) in [5, 5.41) is 1.21.